The summed E-state index contributed by atoms with van der Waals surface area (Å²) in [6.45, 7) is 5.80. The third-order valence-corrected chi connectivity index (χ3v) is 2.35. The van der Waals surface area contributed by atoms with Crippen molar-refractivity contribution in [1.29, 1.82) is 0 Å². The number of nitrogens with two attached hydrogens (primary N) is 1. The number of esters is 1. The summed E-state index contributed by atoms with van der Waals surface area (Å²) >= 11 is 0. The van der Waals surface area contributed by atoms with E-state index in [1.54, 1.807) is 6.07 Å². The maximum absolute atomic E-state index is 11.4. The molecule has 0 bridgehead atoms. The van der Waals surface area contributed by atoms with Gasteiger partial charge in [-0.3, -0.25) is 0 Å². The van der Waals surface area contributed by atoms with Crippen molar-refractivity contribution in [2.45, 2.75) is 26.2 Å². The summed E-state index contributed by atoms with van der Waals surface area (Å²) in [4.78, 5) is 11.4. The molecule has 0 aliphatic rings. The second kappa shape index (κ2) is 4.04. The molecule has 0 heterocycles. The Labute approximate surface area is 95.0 Å². The van der Waals surface area contributed by atoms with Gasteiger partial charge in [-0.25, -0.2) is 4.79 Å². The lowest BCUT2D eigenvalue weighted by molar-refractivity contribution is 0.0597. The van der Waals surface area contributed by atoms with Crippen LogP contribution in [0.25, 0.3) is 0 Å². The maximum Gasteiger partial charge on any atom is 0.341 e. The minimum absolute atomic E-state index is 0.0615. The van der Waals surface area contributed by atoms with Crippen molar-refractivity contribution in [1.82, 2.24) is 0 Å². The third-order valence-electron chi connectivity index (χ3n) is 2.35. The van der Waals surface area contributed by atoms with Crippen molar-refractivity contribution in [2.24, 2.45) is 0 Å². The number of carbonyl (C=O) groups excluding carboxylic acids is 1. The van der Waals surface area contributed by atoms with Crippen molar-refractivity contribution in [3.63, 3.8) is 0 Å². The lowest BCUT2D eigenvalue weighted by atomic mass is 9.85. The van der Waals surface area contributed by atoms with Crippen LogP contribution in [-0.2, 0) is 10.2 Å². The van der Waals surface area contributed by atoms with E-state index in [0.717, 1.165) is 0 Å². The van der Waals surface area contributed by atoms with Gasteiger partial charge in [0.15, 0.2) is 0 Å². The van der Waals surface area contributed by atoms with E-state index in [1.165, 1.54) is 13.2 Å². The molecule has 0 fully saturated rings. The number of phenolic OH excluding ortho intramolecular Hbond substituents is 1. The molecule has 0 aliphatic carbocycles. The molecule has 3 N–H and O–H groups in total. The minimum Gasteiger partial charge on any atom is -0.507 e. The number of carbonyl (C=O) groups is 1. The second-order valence-electron chi connectivity index (χ2n) is 4.71. The number of benzene rings is 1. The number of hydrogen-bond donors (Lipinski definition) is 2. The first-order chi connectivity index (χ1) is 7.27. The van der Waals surface area contributed by atoms with Crippen LogP contribution in [-0.4, -0.2) is 18.2 Å². The van der Waals surface area contributed by atoms with Crippen molar-refractivity contribution >= 4 is 11.7 Å². The van der Waals surface area contributed by atoms with E-state index in [-0.39, 0.29) is 16.7 Å². The fourth-order valence-corrected chi connectivity index (χ4v) is 1.49. The SMILES string of the molecule is COC(=O)c1cc(N)cc(C(C)(C)C)c1O. The quantitative estimate of drug-likeness (QED) is 0.434. The molecule has 4 heteroatoms. The summed E-state index contributed by atoms with van der Waals surface area (Å²) in [5.74, 6) is -0.649. The summed E-state index contributed by atoms with van der Waals surface area (Å²) in [6, 6.07) is 3.08. The van der Waals surface area contributed by atoms with Gasteiger partial charge in [-0.15, -0.1) is 0 Å². The van der Waals surface area contributed by atoms with Gasteiger partial charge in [0.1, 0.15) is 11.3 Å². The number of anilines is 1. The van der Waals surface area contributed by atoms with Crippen molar-refractivity contribution in [3.8, 4) is 5.75 Å². The first kappa shape index (κ1) is 12.4. The van der Waals surface area contributed by atoms with Gasteiger partial charge < -0.3 is 15.6 Å². The van der Waals surface area contributed by atoms with Crippen LogP contribution in [0.4, 0.5) is 5.69 Å². The van der Waals surface area contributed by atoms with E-state index >= 15 is 0 Å². The van der Waals surface area contributed by atoms with E-state index in [1.807, 2.05) is 20.8 Å². The molecule has 16 heavy (non-hydrogen) atoms. The highest BCUT2D eigenvalue weighted by atomic mass is 16.5. The van der Waals surface area contributed by atoms with E-state index < -0.39 is 5.97 Å². The Hall–Kier alpha value is -1.71. The predicted octanol–water partition coefficient (Wildman–Crippen LogP) is 2.06. The summed E-state index contributed by atoms with van der Waals surface area (Å²) in [7, 11) is 1.27. The van der Waals surface area contributed by atoms with Crippen LogP contribution in [0.15, 0.2) is 12.1 Å². The monoisotopic (exact) mass is 223 g/mol. The van der Waals surface area contributed by atoms with Crippen LogP contribution in [0.3, 0.4) is 0 Å². The van der Waals surface area contributed by atoms with Gasteiger partial charge in [0, 0.05) is 11.3 Å². The highest BCUT2D eigenvalue weighted by Crippen LogP contribution is 2.35. The van der Waals surface area contributed by atoms with Gasteiger partial charge in [-0.2, -0.15) is 0 Å². The lowest BCUT2D eigenvalue weighted by Crippen LogP contribution is -2.14. The van der Waals surface area contributed by atoms with E-state index in [4.69, 9.17) is 5.73 Å². The number of aromatic hydroxyl groups is 1. The average molecular weight is 223 g/mol. The van der Waals surface area contributed by atoms with Crippen LogP contribution >= 0.6 is 0 Å². The van der Waals surface area contributed by atoms with Gasteiger partial charge in [0.25, 0.3) is 0 Å². The predicted molar refractivity (Wildman–Crippen MR) is 62.6 cm³/mol. The van der Waals surface area contributed by atoms with Crippen LogP contribution in [0.5, 0.6) is 5.75 Å². The van der Waals surface area contributed by atoms with Gasteiger partial charge in [-0.05, 0) is 17.5 Å². The van der Waals surface area contributed by atoms with E-state index in [9.17, 15) is 9.90 Å². The number of rotatable bonds is 1. The lowest BCUT2D eigenvalue weighted by Gasteiger charge is -2.22. The van der Waals surface area contributed by atoms with E-state index in [0.29, 0.717) is 11.3 Å². The van der Waals surface area contributed by atoms with Gasteiger partial charge in [0.2, 0.25) is 0 Å². The molecule has 0 saturated heterocycles. The first-order valence-electron chi connectivity index (χ1n) is 4.98. The minimum atomic E-state index is -0.588. The van der Waals surface area contributed by atoms with Crippen LogP contribution in [0, 0.1) is 0 Å². The molecule has 0 unspecified atom stereocenters. The zero-order valence-corrected chi connectivity index (χ0v) is 10.00. The number of methoxy groups -OCH3 is 1. The van der Waals surface area contributed by atoms with Gasteiger partial charge >= 0.3 is 5.97 Å². The van der Waals surface area contributed by atoms with Crippen molar-refractivity contribution in [2.75, 3.05) is 12.8 Å². The highest BCUT2D eigenvalue weighted by molar-refractivity contribution is 5.94. The molecule has 0 radical (unpaired) electrons. The molecule has 1 rings (SSSR count). The highest BCUT2D eigenvalue weighted by Gasteiger charge is 2.23. The first-order valence-corrected chi connectivity index (χ1v) is 4.98. The Morgan fingerprint density at radius 1 is 1.38 bits per heavy atom. The van der Waals surface area contributed by atoms with Crippen LogP contribution < -0.4 is 5.73 Å². The second-order valence-corrected chi connectivity index (χ2v) is 4.71. The molecule has 88 valence electrons. The maximum atomic E-state index is 11.4. The molecule has 1 aromatic rings. The molecule has 0 aromatic heterocycles. The van der Waals surface area contributed by atoms with Gasteiger partial charge in [0.05, 0.1) is 7.11 Å². The largest absolute Gasteiger partial charge is 0.507 e. The number of nitrogen functional groups attached to an aromatic ring is 1. The fourth-order valence-electron chi connectivity index (χ4n) is 1.49. The van der Waals surface area contributed by atoms with Crippen LogP contribution in [0.1, 0.15) is 36.7 Å². The number of hydrogen-bond acceptors (Lipinski definition) is 4. The Morgan fingerprint density at radius 3 is 2.38 bits per heavy atom. The fraction of sp³-hybridized carbons (Fsp3) is 0.417. The van der Waals surface area contributed by atoms with Gasteiger partial charge in [-0.1, -0.05) is 20.8 Å². The molecule has 4 nitrogen and oxygen atoms in total. The molecule has 1 aromatic carbocycles. The zero-order chi connectivity index (χ0) is 12.5. The molecule has 0 saturated carbocycles. The molecule has 0 amide bonds. The standard InChI is InChI=1S/C12H17NO3/c1-12(2,3)9-6-7(13)5-8(10(9)14)11(15)16-4/h5-6,14H,13H2,1-4H3. The van der Waals surface area contributed by atoms with Crippen LogP contribution in [0.2, 0.25) is 0 Å². The molecular weight excluding hydrogens is 206 g/mol. The summed E-state index contributed by atoms with van der Waals surface area (Å²) in [5.41, 5.74) is 6.58. The summed E-state index contributed by atoms with van der Waals surface area (Å²) in [5, 5.41) is 9.99. The molecule has 0 atom stereocenters. The summed E-state index contributed by atoms with van der Waals surface area (Å²) < 4.78 is 4.59. The van der Waals surface area contributed by atoms with Crippen molar-refractivity contribution < 1.29 is 14.6 Å². The smallest absolute Gasteiger partial charge is 0.341 e. The normalized spacial score (nSPS) is 11.2. The molecule has 0 aliphatic heterocycles. The van der Waals surface area contributed by atoms with Crippen molar-refractivity contribution in [3.05, 3.63) is 23.3 Å². The number of phenols is 1. The zero-order valence-electron chi connectivity index (χ0n) is 10.00. The third kappa shape index (κ3) is 2.27. The molecule has 0 spiro atoms. The average Bonchev–Trinajstić information content (AvgIpc) is 2.18. The molecular formula is C12H17NO3. The Balaban J connectivity index is 3.44. The Kier molecular flexibility index (Phi) is 3.12. The number of ether oxygens (including phenoxy) is 1. The Morgan fingerprint density at radius 2 is 1.94 bits per heavy atom. The topological polar surface area (TPSA) is 72.5 Å². The summed E-state index contributed by atoms with van der Waals surface area (Å²) in [6.07, 6.45) is 0. The Bertz CT molecular complexity index is 419. The van der Waals surface area contributed by atoms with E-state index in [2.05, 4.69) is 4.74 Å².